The molecule has 0 saturated carbocycles. The molecule has 1 atom stereocenters. The maximum Gasteiger partial charge on any atom is 0.472 e. The number of phosphoric acid groups is 1. The van der Waals surface area contributed by atoms with Gasteiger partial charge in [-0.3, -0.25) is 9.05 Å². The molecule has 0 radical (unpaired) electrons. The van der Waals surface area contributed by atoms with Gasteiger partial charge in [-0.1, -0.05) is 79.0 Å². The van der Waals surface area contributed by atoms with Crippen LogP contribution in [-0.4, -0.2) is 50.3 Å². The molecule has 0 saturated heterocycles. The molecular formula is C24H35NO4P+. The van der Waals surface area contributed by atoms with Gasteiger partial charge in [0, 0.05) is 6.42 Å². The van der Waals surface area contributed by atoms with Crippen LogP contribution in [0.3, 0.4) is 0 Å². The van der Waals surface area contributed by atoms with Gasteiger partial charge in [-0.15, -0.1) is 0 Å². The highest BCUT2D eigenvalue weighted by atomic mass is 31.2. The first-order valence-corrected chi connectivity index (χ1v) is 11.7. The Morgan fingerprint density at radius 1 is 0.967 bits per heavy atom. The molecule has 1 rings (SSSR count). The maximum absolute atomic E-state index is 11.7. The summed E-state index contributed by atoms with van der Waals surface area (Å²) >= 11 is 0. The Kier molecular flexibility index (Phi) is 13.0. The molecule has 0 aliphatic carbocycles. The van der Waals surface area contributed by atoms with Crippen LogP contribution in [0.15, 0.2) is 60.7 Å². The van der Waals surface area contributed by atoms with Crippen LogP contribution in [0.1, 0.15) is 31.2 Å². The Morgan fingerprint density at radius 3 is 2.40 bits per heavy atom. The molecule has 0 aromatic heterocycles. The number of unbranched alkanes of at least 4 members (excludes halogenated alkanes) is 3. The van der Waals surface area contributed by atoms with Gasteiger partial charge in [-0.2, -0.15) is 0 Å². The van der Waals surface area contributed by atoms with E-state index in [2.05, 4.69) is 24.0 Å². The van der Waals surface area contributed by atoms with E-state index < -0.39 is 7.82 Å². The Bertz CT molecular complexity index is 783. The van der Waals surface area contributed by atoms with Crippen molar-refractivity contribution in [2.24, 2.45) is 0 Å². The van der Waals surface area contributed by atoms with Crippen molar-refractivity contribution in [1.82, 2.24) is 0 Å². The fourth-order valence-corrected chi connectivity index (χ4v) is 2.98. The summed E-state index contributed by atoms with van der Waals surface area (Å²) in [6.45, 7) is 1.05. The summed E-state index contributed by atoms with van der Waals surface area (Å²) < 4.78 is 22.4. The first kappa shape index (κ1) is 26.1. The van der Waals surface area contributed by atoms with Crippen molar-refractivity contribution in [2.45, 2.75) is 25.7 Å². The van der Waals surface area contributed by atoms with Crippen LogP contribution < -0.4 is 0 Å². The number of likely N-dealkylation sites (N-methyl/N-ethyl adjacent to an activating group) is 1. The number of hydrogen-bond acceptors (Lipinski definition) is 3. The standard InChI is InChI=1S/C24H34NO4P/c1-25(2,3)21-23-29-30(26,27)28-22-17-12-10-8-6-4-5-7-9-11-14-18-24-19-15-13-16-20-24/h5,7,9,11,13-16,18-20H,8,10,12,17,21-23H2,1-3H3/p+1/b7-5+,11-9+,18-14+. The van der Waals surface area contributed by atoms with Crippen LogP contribution in [-0.2, 0) is 13.6 Å². The van der Waals surface area contributed by atoms with Crippen LogP contribution in [0.4, 0.5) is 0 Å². The van der Waals surface area contributed by atoms with Gasteiger partial charge in [0.05, 0.1) is 27.7 Å². The predicted molar refractivity (Wildman–Crippen MR) is 125 cm³/mol. The summed E-state index contributed by atoms with van der Waals surface area (Å²) in [4.78, 5) is 9.61. The van der Waals surface area contributed by atoms with Crippen molar-refractivity contribution in [1.29, 1.82) is 0 Å². The van der Waals surface area contributed by atoms with E-state index in [0.29, 0.717) is 17.4 Å². The molecular weight excluding hydrogens is 397 g/mol. The average molecular weight is 433 g/mol. The van der Waals surface area contributed by atoms with Gasteiger partial charge in [0.1, 0.15) is 13.2 Å². The second kappa shape index (κ2) is 15.0. The third kappa shape index (κ3) is 15.9. The van der Waals surface area contributed by atoms with Crippen LogP contribution in [0.5, 0.6) is 0 Å². The summed E-state index contributed by atoms with van der Waals surface area (Å²) in [6.07, 6.45) is 15.0. The zero-order valence-electron chi connectivity index (χ0n) is 18.4. The first-order chi connectivity index (χ1) is 14.3. The molecule has 0 heterocycles. The molecule has 0 spiro atoms. The smallest absolute Gasteiger partial charge is 0.329 e. The summed E-state index contributed by atoms with van der Waals surface area (Å²) in [5.41, 5.74) is 1.17. The molecule has 30 heavy (non-hydrogen) atoms. The normalized spacial score (nSPS) is 14.3. The summed E-state index contributed by atoms with van der Waals surface area (Å²) in [7, 11) is 2.04. The van der Waals surface area contributed by atoms with Crippen LogP contribution in [0.2, 0.25) is 0 Å². The molecule has 0 amide bonds. The Hall–Kier alpha value is -1.93. The third-order valence-electron chi connectivity index (χ3n) is 3.92. The minimum atomic E-state index is -3.94. The second-order valence-corrected chi connectivity index (χ2v) is 9.25. The summed E-state index contributed by atoms with van der Waals surface area (Å²) in [5.74, 6) is 6.09. The highest BCUT2D eigenvalue weighted by Crippen LogP contribution is 2.43. The van der Waals surface area contributed by atoms with Crippen molar-refractivity contribution in [3.8, 4) is 11.8 Å². The van der Waals surface area contributed by atoms with Gasteiger partial charge in [0.2, 0.25) is 0 Å². The number of benzene rings is 1. The van der Waals surface area contributed by atoms with E-state index in [1.54, 1.807) is 0 Å². The molecule has 0 bridgehead atoms. The molecule has 0 aliphatic rings. The average Bonchev–Trinajstić information content (AvgIpc) is 2.68. The molecule has 6 heteroatoms. The predicted octanol–water partition coefficient (Wildman–Crippen LogP) is 5.22. The van der Waals surface area contributed by atoms with Crippen LogP contribution >= 0.6 is 7.82 Å². The number of phosphoric ester groups is 1. The first-order valence-electron chi connectivity index (χ1n) is 10.2. The molecule has 1 N–H and O–H groups in total. The number of quaternary nitrogens is 1. The lowest BCUT2D eigenvalue weighted by Gasteiger charge is -2.24. The monoisotopic (exact) mass is 432 g/mol. The van der Waals surface area contributed by atoms with Crippen molar-refractivity contribution in [2.75, 3.05) is 40.9 Å². The lowest BCUT2D eigenvalue weighted by atomic mass is 10.2. The lowest BCUT2D eigenvalue weighted by Crippen LogP contribution is -2.37. The van der Waals surface area contributed by atoms with Crippen LogP contribution in [0.25, 0.3) is 6.08 Å². The van der Waals surface area contributed by atoms with Gasteiger partial charge >= 0.3 is 7.82 Å². The molecule has 5 nitrogen and oxygen atoms in total. The second-order valence-electron chi connectivity index (χ2n) is 7.79. The Labute approximate surface area is 181 Å². The maximum atomic E-state index is 11.7. The van der Waals surface area contributed by atoms with E-state index in [-0.39, 0.29) is 13.2 Å². The summed E-state index contributed by atoms with van der Waals surface area (Å²) in [6, 6.07) is 10.1. The van der Waals surface area contributed by atoms with Crippen molar-refractivity contribution in [3.05, 3.63) is 66.3 Å². The fraction of sp³-hybridized carbons (Fsp3) is 0.417. The largest absolute Gasteiger partial charge is 0.472 e. The lowest BCUT2D eigenvalue weighted by molar-refractivity contribution is -0.870. The van der Waals surface area contributed by atoms with Crippen molar-refractivity contribution >= 4 is 13.9 Å². The number of allylic oxidation sites excluding steroid dienone is 5. The highest BCUT2D eigenvalue weighted by Gasteiger charge is 2.21. The highest BCUT2D eigenvalue weighted by molar-refractivity contribution is 7.47. The van der Waals surface area contributed by atoms with E-state index in [0.717, 1.165) is 19.3 Å². The molecule has 1 aromatic carbocycles. The minimum absolute atomic E-state index is 0.193. The SMILES string of the molecule is C[N+](C)(C)CCOP(=O)(O)OCCCCCC#C/C=C/C=C/C=C/c1ccccc1. The molecule has 164 valence electrons. The van der Waals surface area contributed by atoms with Gasteiger partial charge in [0.25, 0.3) is 0 Å². The van der Waals surface area contributed by atoms with Crippen LogP contribution in [0, 0.1) is 11.8 Å². The van der Waals surface area contributed by atoms with Crippen molar-refractivity contribution in [3.63, 3.8) is 0 Å². The number of hydrogen-bond donors (Lipinski definition) is 1. The van der Waals surface area contributed by atoms with Gasteiger partial charge in [-0.05, 0) is 24.5 Å². The van der Waals surface area contributed by atoms with Gasteiger partial charge in [0.15, 0.2) is 0 Å². The van der Waals surface area contributed by atoms with E-state index in [1.165, 1.54) is 5.56 Å². The van der Waals surface area contributed by atoms with Crippen molar-refractivity contribution < 1.29 is 23.0 Å². The van der Waals surface area contributed by atoms with Gasteiger partial charge < -0.3 is 9.38 Å². The minimum Gasteiger partial charge on any atom is -0.329 e. The summed E-state index contributed by atoms with van der Waals surface area (Å²) in [5, 5.41) is 0. The Balaban J connectivity index is 2.05. The molecule has 0 aliphatic heterocycles. The topological polar surface area (TPSA) is 55.8 Å². The number of rotatable bonds is 13. The fourth-order valence-electron chi connectivity index (χ4n) is 2.23. The zero-order chi connectivity index (χ0) is 22.1. The zero-order valence-corrected chi connectivity index (χ0v) is 19.3. The quantitative estimate of drug-likeness (QED) is 0.153. The molecule has 1 unspecified atom stereocenters. The van der Waals surface area contributed by atoms with E-state index >= 15 is 0 Å². The molecule has 0 fully saturated rings. The van der Waals surface area contributed by atoms with E-state index in [4.69, 9.17) is 9.05 Å². The Morgan fingerprint density at radius 2 is 1.67 bits per heavy atom. The van der Waals surface area contributed by atoms with E-state index in [1.807, 2.05) is 75.8 Å². The van der Waals surface area contributed by atoms with Gasteiger partial charge in [-0.25, -0.2) is 4.57 Å². The third-order valence-corrected chi connectivity index (χ3v) is 4.94. The number of nitrogens with zero attached hydrogens (tertiary/aromatic N) is 1. The van der Waals surface area contributed by atoms with E-state index in [9.17, 15) is 9.46 Å². The molecule has 1 aromatic rings.